The number of rotatable bonds is 16. The molecule has 190 valence electrons. The fourth-order valence-electron chi connectivity index (χ4n) is 2.91. The van der Waals surface area contributed by atoms with Crippen molar-refractivity contribution in [3.8, 4) is 0 Å². The molecule has 0 aromatic heterocycles. The smallest absolute Gasteiger partial charge is 0.326 e. The highest BCUT2D eigenvalue weighted by atomic mass is 32.2. The van der Waals surface area contributed by atoms with Crippen molar-refractivity contribution in [3.63, 3.8) is 0 Å². The summed E-state index contributed by atoms with van der Waals surface area (Å²) in [6.45, 7) is 6.84. The first kappa shape index (κ1) is 30.7. The summed E-state index contributed by atoms with van der Waals surface area (Å²) < 4.78 is 0. The first-order chi connectivity index (χ1) is 15.3. The van der Waals surface area contributed by atoms with Crippen LogP contribution in [0.4, 0.5) is 0 Å². The topological polar surface area (TPSA) is 188 Å². The van der Waals surface area contributed by atoms with E-state index in [9.17, 15) is 29.1 Å². The molecule has 0 radical (unpaired) electrons. The zero-order valence-electron chi connectivity index (χ0n) is 19.9. The van der Waals surface area contributed by atoms with Gasteiger partial charge >= 0.3 is 11.9 Å². The highest BCUT2D eigenvalue weighted by molar-refractivity contribution is 7.98. The molecule has 0 saturated heterocycles. The van der Waals surface area contributed by atoms with Crippen LogP contribution >= 0.6 is 11.8 Å². The molecule has 11 nitrogen and oxygen atoms in total. The minimum Gasteiger partial charge on any atom is -0.481 e. The zero-order valence-corrected chi connectivity index (χ0v) is 20.7. The summed E-state index contributed by atoms with van der Waals surface area (Å²) in [7, 11) is 0. The molecule has 0 bridgehead atoms. The zero-order chi connectivity index (χ0) is 25.7. The number of carboxylic acids is 2. The van der Waals surface area contributed by atoms with Gasteiger partial charge in [-0.25, -0.2) is 4.79 Å². The lowest BCUT2D eigenvalue weighted by atomic mass is 9.97. The van der Waals surface area contributed by atoms with Crippen molar-refractivity contribution in [2.75, 3.05) is 12.0 Å². The van der Waals surface area contributed by atoms with Crippen molar-refractivity contribution in [3.05, 3.63) is 0 Å². The molecule has 0 aliphatic carbocycles. The van der Waals surface area contributed by atoms with Gasteiger partial charge in [0.2, 0.25) is 17.7 Å². The monoisotopic (exact) mass is 490 g/mol. The molecule has 3 amide bonds. The van der Waals surface area contributed by atoms with Crippen molar-refractivity contribution in [1.29, 1.82) is 0 Å². The average Bonchev–Trinajstić information content (AvgIpc) is 2.74. The Morgan fingerprint density at radius 1 is 0.879 bits per heavy atom. The van der Waals surface area contributed by atoms with Crippen LogP contribution in [0.1, 0.15) is 53.4 Å². The predicted octanol–water partition coefficient (Wildman–Crippen LogP) is 0.173. The highest BCUT2D eigenvalue weighted by Crippen LogP contribution is 2.11. The third-order valence-electron chi connectivity index (χ3n) is 5.27. The molecule has 0 aromatic rings. The third kappa shape index (κ3) is 11.4. The fourth-order valence-corrected chi connectivity index (χ4v) is 3.40. The lowest BCUT2D eigenvalue weighted by molar-refractivity contribution is -0.144. The van der Waals surface area contributed by atoms with Crippen LogP contribution in [0.25, 0.3) is 0 Å². The maximum Gasteiger partial charge on any atom is 0.326 e. The van der Waals surface area contributed by atoms with Gasteiger partial charge in [-0.15, -0.1) is 0 Å². The Morgan fingerprint density at radius 2 is 1.45 bits per heavy atom. The lowest BCUT2D eigenvalue weighted by Gasteiger charge is -2.28. The van der Waals surface area contributed by atoms with Gasteiger partial charge in [0.15, 0.2) is 0 Å². The van der Waals surface area contributed by atoms with Crippen molar-refractivity contribution in [1.82, 2.24) is 16.0 Å². The molecule has 5 atom stereocenters. The van der Waals surface area contributed by atoms with Crippen molar-refractivity contribution in [2.45, 2.75) is 77.5 Å². The van der Waals surface area contributed by atoms with Gasteiger partial charge in [-0.2, -0.15) is 11.8 Å². The van der Waals surface area contributed by atoms with Gasteiger partial charge in [-0.1, -0.05) is 34.1 Å². The van der Waals surface area contributed by atoms with Crippen LogP contribution in [0.3, 0.4) is 0 Å². The summed E-state index contributed by atoms with van der Waals surface area (Å²) in [5.74, 6) is -4.45. The lowest BCUT2D eigenvalue weighted by Crippen LogP contribution is -2.59. The summed E-state index contributed by atoms with van der Waals surface area (Å²) in [4.78, 5) is 60.6. The summed E-state index contributed by atoms with van der Waals surface area (Å²) in [6, 6.07) is -4.29. The number of carbonyl (C=O) groups excluding carboxylic acids is 3. The maximum atomic E-state index is 12.9. The molecule has 0 aromatic carbocycles. The molecule has 0 spiro atoms. The number of nitrogens with one attached hydrogen (secondary N) is 3. The number of hydrogen-bond donors (Lipinski definition) is 6. The van der Waals surface area contributed by atoms with Gasteiger partial charge in [0, 0.05) is 6.42 Å². The number of aliphatic carboxylic acids is 2. The molecule has 0 rings (SSSR count). The Bertz CT molecular complexity index is 690. The van der Waals surface area contributed by atoms with E-state index in [1.165, 1.54) is 11.8 Å². The Morgan fingerprint density at radius 3 is 1.91 bits per heavy atom. The molecule has 7 N–H and O–H groups in total. The molecule has 0 aliphatic rings. The van der Waals surface area contributed by atoms with Gasteiger partial charge in [0.05, 0.1) is 6.04 Å². The van der Waals surface area contributed by atoms with E-state index < -0.39 is 59.7 Å². The van der Waals surface area contributed by atoms with E-state index >= 15 is 0 Å². The second kappa shape index (κ2) is 15.5. The SMILES string of the molecule is CCC(C)C(NC(=O)C(NC(=O)C(CCC(=O)O)NC(=O)C(N)CCSC)C(C)C)C(=O)O. The van der Waals surface area contributed by atoms with E-state index in [0.29, 0.717) is 18.6 Å². The standard InChI is InChI=1S/C21H38N4O7S/c1-6-12(4)17(21(31)32)25-20(30)16(11(2)3)24-19(29)14(7-8-15(26)27)23-18(28)13(22)9-10-33-5/h11-14,16-17H,6-10,22H2,1-5H3,(H,23,28)(H,24,29)(H,25,30)(H,26,27)(H,31,32). The first-order valence-corrected chi connectivity index (χ1v) is 12.3. The van der Waals surface area contributed by atoms with E-state index in [0.717, 1.165) is 0 Å². The van der Waals surface area contributed by atoms with Crippen molar-refractivity contribution in [2.24, 2.45) is 17.6 Å². The molecule has 12 heteroatoms. The van der Waals surface area contributed by atoms with Gasteiger partial charge in [-0.05, 0) is 36.7 Å². The second-order valence-corrected chi connectivity index (χ2v) is 9.31. The summed E-state index contributed by atoms with van der Waals surface area (Å²) >= 11 is 1.51. The maximum absolute atomic E-state index is 12.9. The summed E-state index contributed by atoms with van der Waals surface area (Å²) in [5.41, 5.74) is 5.84. The minimum absolute atomic E-state index is 0.195. The molecular formula is C21H38N4O7S. The predicted molar refractivity (Wildman–Crippen MR) is 126 cm³/mol. The van der Waals surface area contributed by atoms with E-state index in [1.807, 2.05) is 6.26 Å². The molecule has 0 fully saturated rings. The van der Waals surface area contributed by atoms with E-state index in [-0.39, 0.29) is 18.8 Å². The minimum atomic E-state index is -1.21. The molecular weight excluding hydrogens is 452 g/mol. The molecule has 33 heavy (non-hydrogen) atoms. The van der Waals surface area contributed by atoms with Crippen LogP contribution in [-0.2, 0) is 24.0 Å². The fraction of sp³-hybridized carbons (Fsp3) is 0.762. The van der Waals surface area contributed by atoms with Crippen LogP contribution in [0, 0.1) is 11.8 Å². The van der Waals surface area contributed by atoms with Gasteiger partial charge in [0.1, 0.15) is 18.1 Å². The first-order valence-electron chi connectivity index (χ1n) is 11.0. The second-order valence-electron chi connectivity index (χ2n) is 8.32. The Kier molecular flexibility index (Phi) is 14.4. The van der Waals surface area contributed by atoms with Gasteiger partial charge in [-0.3, -0.25) is 19.2 Å². The summed E-state index contributed by atoms with van der Waals surface area (Å²) in [6.07, 6.45) is 2.19. The molecule has 0 heterocycles. The Hall–Kier alpha value is -2.34. The largest absolute Gasteiger partial charge is 0.481 e. The Labute approximate surface area is 199 Å². The average molecular weight is 491 g/mol. The highest BCUT2D eigenvalue weighted by Gasteiger charge is 2.33. The number of carbonyl (C=O) groups is 5. The number of hydrogen-bond acceptors (Lipinski definition) is 7. The van der Waals surface area contributed by atoms with Crippen LogP contribution in [0.15, 0.2) is 0 Å². The Balaban J connectivity index is 5.48. The third-order valence-corrected chi connectivity index (χ3v) is 5.92. The van der Waals surface area contributed by atoms with E-state index in [2.05, 4.69) is 16.0 Å². The number of amides is 3. The van der Waals surface area contributed by atoms with Crippen molar-refractivity contribution >= 4 is 41.4 Å². The van der Waals surface area contributed by atoms with Crippen LogP contribution in [0.5, 0.6) is 0 Å². The van der Waals surface area contributed by atoms with E-state index in [1.54, 1.807) is 27.7 Å². The molecule has 0 saturated carbocycles. The van der Waals surface area contributed by atoms with Gasteiger partial charge < -0.3 is 31.9 Å². The van der Waals surface area contributed by atoms with E-state index in [4.69, 9.17) is 10.8 Å². The quantitative estimate of drug-likeness (QED) is 0.175. The van der Waals surface area contributed by atoms with Crippen LogP contribution in [-0.4, -0.2) is 76.0 Å². The molecule has 5 unspecified atom stereocenters. The number of nitrogens with two attached hydrogens (primary N) is 1. The van der Waals surface area contributed by atoms with Crippen molar-refractivity contribution < 1.29 is 34.2 Å². The normalized spacial score (nSPS) is 15.6. The summed E-state index contributed by atoms with van der Waals surface area (Å²) in [5, 5.41) is 25.9. The number of carboxylic acid groups (broad SMARTS) is 2. The number of thioether (sulfide) groups is 1. The van der Waals surface area contributed by atoms with Crippen LogP contribution in [0.2, 0.25) is 0 Å². The van der Waals surface area contributed by atoms with Gasteiger partial charge in [0.25, 0.3) is 0 Å². The van der Waals surface area contributed by atoms with Crippen LogP contribution < -0.4 is 21.7 Å². The molecule has 0 aliphatic heterocycles.